The van der Waals surface area contributed by atoms with Crippen molar-refractivity contribution in [2.75, 3.05) is 17.7 Å². The van der Waals surface area contributed by atoms with E-state index in [1.54, 1.807) is 11.8 Å². The summed E-state index contributed by atoms with van der Waals surface area (Å²) < 4.78 is 0. The highest BCUT2D eigenvalue weighted by Crippen LogP contribution is 2.33. The predicted molar refractivity (Wildman–Crippen MR) is 98.0 cm³/mol. The lowest BCUT2D eigenvalue weighted by Gasteiger charge is -2.24. The van der Waals surface area contributed by atoms with E-state index >= 15 is 0 Å². The second kappa shape index (κ2) is 6.96. The molecule has 0 saturated heterocycles. The SMILES string of the molecule is CCSc1cccc(N(C)c2ccc(C)cc2)c1C(N)=S. The van der Waals surface area contributed by atoms with Crippen molar-refractivity contribution in [1.82, 2.24) is 0 Å². The van der Waals surface area contributed by atoms with Gasteiger partial charge in [0.2, 0.25) is 0 Å². The lowest BCUT2D eigenvalue weighted by molar-refractivity contribution is 1.18. The molecule has 110 valence electrons. The summed E-state index contributed by atoms with van der Waals surface area (Å²) in [5.41, 5.74) is 10.4. The van der Waals surface area contributed by atoms with Crippen LogP contribution in [-0.4, -0.2) is 17.8 Å². The van der Waals surface area contributed by atoms with E-state index in [4.69, 9.17) is 18.0 Å². The normalized spacial score (nSPS) is 10.4. The molecule has 2 rings (SSSR count). The minimum Gasteiger partial charge on any atom is -0.389 e. The molecular weight excluding hydrogens is 296 g/mol. The van der Waals surface area contributed by atoms with Crippen LogP contribution in [0.2, 0.25) is 0 Å². The smallest absolute Gasteiger partial charge is 0.107 e. The average Bonchev–Trinajstić information content (AvgIpc) is 2.47. The number of thioether (sulfide) groups is 1. The molecule has 0 bridgehead atoms. The van der Waals surface area contributed by atoms with Crippen LogP contribution < -0.4 is 10.6 Å². The maximum absolute atomic E-state index is 5.98. The monoisotopic (exact) mass is 316 g/mol. The summed E-state index contributed by atoms with van der Waals surface area (Å²) in [5, 5.41) is 0. The maximum atomic E-state index is 5.98. The Morgan fingerprint density at radius 1 is 1.19 bits per heavy atom. The van der Waals surface area contributed by atoms with E-state index in [2.05, 4.69) is 61.2 Å². The van der Waals surface area contributed by atoms with Gasteiger partial charge in [-0.05, 0) is 36.9 Å². The van der Waals surface area contributed by atoms with E-state index in [0.717, 1.165) is 27.6 Å². The Hall–Kier alpha value is -1.52. The van der Waals surface area contributed by atoms with Gasteiger partial charge in [-0.25, -0.2) is 0 Å². The minimum atomic E-state index is 0.445. The van der Waals surface area contributed by atoms with Gasteiger partial charge in [0.1, 0.15) is 4.99 Å². The summed E-state index contributed by atoms with van der Waals surface area (Å²) in [6.07, 6.45) is 0. The van der Waals surface area contributed by atoms with Crippen LogP contribution in [-0.2, 0) is 0 Å². The maximum Gasteiger partial charge on any atom is 0.107 e. The first-order chi connectivity index (χ1) is 10.0. The molecule has 2 nitrogen and oxygen atoms in total. The van der Waals surface area contributed by atoms with Crippen molar-refractivity contribution in [1.29, 1.82) is 0 Å². The molecule has 0 amide bonds. The molecule has 2 aromatic rings. The molecule has 0 aromatic heterocycles. The van der Waals surface area contributed by atoms with Crippen LogP contribution in [0.5, 0.6) is 0 Å². The Labute approximate surface area is 136 Å². The van der Waals surface area contributed by atoms with Gasteiger partial charge in [0.05, 0.1) is 5.69 Å². The highest BCUT2D eigenvalue weighted by Gasteiger charge is 2.15. The molecule has 0 saturated carbocycles. The predicted octanol–water partition coefficient (Wildman–Crippen LogP) is 4.51. The highest BCUT2D eigenvalue weighted by molar-refractivity contribution is 7.99. The number of anilines is 2. The summed E-state index contributed by atoms with van der Waals surface area (Å²) >= 11 is 7.04. The molecule has 0 atom stereocenters. The summed E-state index contributed by atoms with van der Waals surface area (Å²) in [6.45, 7) is 4.22. The van der Waals surface area contributed by atoms with E-state index in [1.165, 1.54) is 5.56 Å². The van der Waals surface area contributed by atoms with Crippen LogP contribution in [0.3, 0.4) is 0 Å². The van der Waals surface area contributed by atoms with Gasteiger partial charge in [-0.2, -0.15) is 0 Å². The summed E-state index contributed by atoms with van der Waals surface area (Å²) in [7, 11) is 2.04. The Morgan fingerprint density at radius 3 is 2.43 bits per heavy atom. The Kier molecular flexibility index (Phi) is 5.26. The number of aryl methyl sites for hydroxylation is 1. The molecule has 21 heavy (non-hydrogen) atoms. The van der Waals surface area contributed by atoms with Gasteiger partial charge >= 0.3 is 0 Å². The van der Waals surface area contributed by atoms with Crippen LogP contribution in [0.4, 0.5) is 11.4 Å². The Morgan fingerprint density at radius 2 is 1.86 bits per heavy atom. The molecule has 0 aliphatic rings. The van der Waals surface area contributed by atoms with Crippen molar-refractivity contribution in [2.45, 2.75) is 18.7 Å². The minimum absolute atomic E-state index is 0.445. The van der Waals surface area contributed by atoms with Gasteiger partial charge in [0.25, 0.3) is 0 Å². The fraction of sp³-hybridized carbons (Fsp3) is 0.235. The van der Waals surface area contributed by atoms with Gasteiger partial charge in [0.15, 0.2) is 0 Å². The quantitative estimate of drug-likeness (QED) is 0.649. The van der Waals surface area contributed by atoms with Crippen LogP contribution in [0.25, 0.3) is 0 Å². The van der Waals surface area contributed by atoms with Crippen LogP contribution >= 0.6 is 24.0 Å². The van der Waals surface area contributed by atoms with Gasteiger partial charge in [0, 0.05) is 23.2 Å². The molecule has 0 aliphatic carbocycles. The summed E-state index contributed by atoms with van der Waals surface area (Å²) in [5.74, 6) is 0.993. The molecule has 0 radical (unpaired) electrons. The third-order valence-electron chi connectivity index (χ3n) is 3.33. The number of hydrogen-bond acceptors (Lipinski definition) is 3. The van der Waals surface area contributed by atoms with Crippen molar-refractivity contribution in [3.63, 3.8) is 0 Å². The fourth-order valence-electron chi connectivity index (χ4n) is 2.23. The number of benzene rings is 2. The highest BCUT2D eigenvalue weighted by atomic mass is 32.2. The van der Waals surface area contributed by atoms with Crippen LogP contribution in [0, 0.1) is 6.92 Å². The first-order valence-electron chi connectivity index (χ1n) is 6.90. The summed E-state index contributed by atoms with van der Waals surface area (Å²) in [6, 6.07) is 14.6. The first-order valence-corrected chi connectivity index (χ1v) is 8.30. The van der Waals surface area contributed by atoms with Gasteiger partial charge in [-0.1, -0.05) is 42.9 Å². The third-order valence-corrected chi connectivity index (χ3v) is 4.48. The van der Waals surface area contributed by atoms with Crippen molar-refractivity contribution in [2.24, 2.45) is 5.73 Å². The zero-order valence-electron chi connectivity index (χ0n) is 12.6. The van der Waals surface area contributed by atoms with Crippen molar-refractivity contribution >= 4 is 40.3 Å². The molecule has 2 aromatic carbocycles. The van der Waals surface area contributed by atoms with Crippen molar-refractivity contribution in [3.8, 4) is 0 Å². The molecule has 4 heteroatoms. The molecule has 0 spiro atoms. The van der Waals surface area contributed by atoms with E-state index < -0.39 is 0 Å². The van der Waals surface area contributed by atoms with E-state index in [-0.39, 0.29) is 0 Å². The lowest BCUT2D eigenvalue weighted by Crippen LogP contribution is -2.18. The van der Waals surface area contributed by atoms with Crippen LogP contribution in [0.1, 0.15) is 18.1 Å². The Bertz CT molecular complexity index is 636. The topological polar surface area (TPSA) is 29.3 Å². The van der Waals surface area contributed by atoms with E-state index in [1.807, 2.05) is 7.05 Å². The van der Waals surface area contributed by atoms with E-state index in [9.17, 15) is 0 Å². The number of hydrogen-bond donors (Lipinski definition) is 1. The zero-order valence-corrected chi connectivity index (χ0v) is 14.2. The largest absolute Gasteiger partial charge is 0.389 e. The molecule has 0 unspecified atom stereocenters. The first kappa shape index (κ1) is 15.9. The van der Waals surface area contributed by atoms with Gasteiger partial charge in [-0.3, -0.25) is 0 Å². The molecule has 2 N–H and O–H groups in total. The lowest BCUT2D eigenvalue weighted by atomic mass is 10.1. The average molecular weight is 316 g/mol. The number of nitrogens with two attached hydrogens (primary N) is 1. The number of thiocarbonyl (C=S) groups is 1. The van der Waals surface area contributed by atoms with Crippen molar-refractivity contribution in [3.05, 3.63) is 53.6 Å². The summed E-state index contributed by atoms with van der Waals surface area (Å²) in [4.78, 5) is 3.72. The molecule has 0 fully saturated rings. The third kappa shape index (κ3) is 3.57. The van der Waals surface area contributed by atoms with Crippen LogP contribution in [0.15, 0.2) is 47.4 Å². The van der Waals surface area contributed by atoms with E-state index in [0.29, 0.717) is 4.99 Å². The van der Waals surface area contributed by atoms with Gasteiger partial charge in [-0.15, -0.1) is 11.8 Å². The molecular formula is C17H20N2S2. The van der Waals surface area contributed by atoms with Gasteiger partial charge < -0.3 is 10.6 Å². The molecule has 0 heterocycles. The second-order valence-corrected chi connectivity index (χ2v) is 6.59. The zero-order chi connectivity index (χ0) is 15.4. The standard InChI is InChI=1S/C17H20N2S2/c1-4-21-15-7-5-6-14(16(15)17(18)20)19(3)13-10-8-12(2)9-11-13/h5-11H,4H2,1-3H3,(H2,18,20). The second-order valence-electron chi connectivity index (χ2n) is 4.84. The number of rotatable bonds is 5. The Balaban J connectivity index is 2.49. The fourth-order valence-corrected chi connectivity index (χ4v) is 3.35. The molecule has 0 aliphatic heterocycles. The number of nitrogens with zero attached hydrogens (tertiary/aromatic N) is 1. The van der Waals surface area contributed by atoms with Crippen molar-refractivity contribution < 1.29 is 0 Å².